The minimum Gasteiger partial charge on any atom is -0.497 e. The lowest BCUT2D eigenvalue weighted by Gasteiger charge is -2.25. The van der Waals surface area contributed by atoms with E-state index in [0.717, 1.165) is 17.9 Å². The Labute approximate surface area is 169 Å². The summed E-state index contributed by atoms with van der Waals surface area (Å²) in [6.07, 6.45) is 12.6. The van der Waals surface area contributed by atoms with Gasteiger partial charge in [-0.1, -0.05) is 70.5 Å². The molecule has 27 heavy (non-hydrogen) atoms. The van der Waals surface area contributed by atoms with Gasteiger partial charge in [-0.2, -0.15) is 0 Å². The van der Waals surface area contributed by atoms with Crippen molar-refractivity contribution in [3.05, 3.63) is 84.1 Å². The normalized spacial score (nSPS) is 17.9. The lowest BCUT2D eigenvalue weighted by molar-refractivity contribution is 0.286. The van der Waals surface area contributed by atoms with E-state index in [-0.39, 0.29) is 0 Å². The van der Waals surface area contributed by atoms with Gasteiger partial charge in [0.05, 0.1) is 6.26 Å². The van der Waals surface area contributed by atoms with Gasteiger partial charge < -0.3 is 4.74 Å². The largest absolute Gasteiger partial charge is 0.497 e. The Morgan fingerprint density at radius 2 is 1.81 bits per heavy atom. The summed E-state index contributed by atoms with van der Waals surface area (Å²) < 4.78 is 4.80. The second kappa shape index (κ2) is 8.75. The summed E-state index contributed by atoms with van der Waals surface area (Å²) >= 11 is 3.61. The predicted octanol–water partition coefficient (Wildman–Crippen LogP) is 6.97. The molecule has 0 saturated carbocycles. The second-order valence-electron chi connectivity index (χ2n) is 7.26. The van der Waals surface area contributed by atoms with Gasteiger partial charge in [-0.3, -0.25) is 0 Å². The van der Waals surface area contributed by atoms with E-state index in [1.54, 1.807) is 17.4 Å². The van der Waals surface area contributed by atoms with E-state index in [1.807, 2.05) is 18.2 Å². The van der Waals surface area contributed by atoms with Gasteiger partial charge in [0.2, 0.25) is 0 Å². The Morgan fingerprint density at radius 3 is 2.56 bits per heavy atom. The number of rotatable bonds is 2. The van der Waals surface area contributed by atoms with Crippen LogP contribution in [0.15, 0.2) is 73.0 Å². The third kappa shape index (κ3) is 4.11. The molecule has 0 fully saturated rings. The number of aryl methyl sites for hydroxylation is 1. The van der Waals surface area contributed by atoms with Crippen molar-refractivity contribution in [3.63, 3.8) is 0 Å². The summed E-state index contributed by atoms with van der Waals surface area (Å²) in [7, 11) is 0. The van der Waals surface area contributed by atoms with Gasteiger partial charge in [0.25, 0.3) is 0 Å². The van der Waals surface area contributed by atoms with E-state index in [9.17, 15) is 0 Å². The van der Waals surface area contributed by atoms with Crippen LogP contribution in [0.3, 0.4) is 0 Å². The molecular formula is C25H25BrO. The van der Waals surface area contributed by atoms with Crippen molar-refractivity contribution in [2.45, 2.75) is 25.7 Å². The van der Waals surface area contributed by atoms with Crippen molar-refractivity contribution in [2.75, 3.05) is 11.9 Å². The fraction of sp³-hybridized carbons (Fsp3) is 0.280. The molecule has 1 atom stereocenters. The van der Waals surface area contributed by atoms with Crippen molar-refractivity contribution < 1.29 is 4.74 Å². The molecule has 2 heteroatoms. The van der Waals surface area contributed by atoms with Crippen molar-refractivity contribution in [1.29, 1.82) is 0 Å². The molecule has 1 nitrogen and oxygen atoms in total. The van der Waals surface area contributed by atoms with Gasteiger partial charge in [-0.05, 0) is 76.4 Å². The second-order valence-corrected chi connectivity index (χ2v) is 8.05. The van der Waals surface area contributed by atoms with Gasteiger partial charge in [-0.25, -0.2) is 0 Å². The number of hydrogen-bond acceptors (Lipinski definition) is 1. The molecule has 0 amide bonds. The first-order valence-electron chi connectivity index (χ1n) is 9.78. The minimum atomic E-state index is 0.733. The molecule has 138 valence electrons. The Morgan fingerprint density at radius 1 is 0.926 bits per heavy atom. The monoisotopic (exact) mass is 420 g/mol. The first kappa shape index (κ1) is 18.3. The van der Waals surface area contributed by atoms with Gasteiger partial charge in [0.15, 0.2) is 0 Å². The highest BCUT2D eigenvalue weighted by Gasteiger charge is 2.20. The smallest absolute Gasteiger partial charge is 0.106 e. The van der Waals surface area contributed by atoms with Crippen LogP contribution in [0.4, 0.5) is 0 Å². The molecule has 0 N–H and O–H groups in total. The van der Waals surface area contributed by atoms with E-state index in [0.29, 0.717) is 0 Å². The zero-order valence-electron chi connectivity index (χ0n) is 15.5. The Hall–Kier alpha value is -2.06. The lowest BCUT2D eigenvalue weighted by atomic mass is 9.80. The van der Waals surface area contributed by atoms with Crippen molar-refractivity contribution >= 4 is 37.5 Å². The van der Waals surface area contributed by atoms with Crippen LogP contribution in [0, 0.1) is 5.92 Å². The van der Waals surface area contributed by atoms with E-state index < -0.39 is 0 Å². The van der Waals surface area contributed by atoms with E-state index in [1.165, 1.54) is 47.2 Å². The summed E-state index contributed by atoms with van der Waals surface area (Å²) in [5, 5.41) is 6.76. The number of hydrogen-bond donors (Lipinski definition) is 0. The summed E-state index contributed by atoms with van der Waals surface area (Å²) in [5.74, 6) is 0.842. The molecule has 0 aromatic heterocycles. The number of allylic oxidation sites excluding steroid dienone is 2. The minimum absolute atomic E-state index is 0.733. The fourth-order valence-electron chi connectivity index (χ4n) is 4.17. The first-order valence-corrected chi connectivity index (χ1v) is 10.9. The SMILES string of the molecule is BrCCC1CCc2ccc3c(ccc4ccccc43)c2C1.C1=CCOC=C1. The number of fused-ring (bicyclic) bond motifs is 5. The number of ether oxygens (including phenoxy) is 1. The molecule has 2 aliphatic rings. The molecule has 3 aromatic rings. The fourth-order valence-corrected chi connectivity index (χ4v) is 4.82. The first-order chi connectivity index (χ1) is 13.4. The zero-order chi connectivity index (χ0) is 18.5. The lowest BCUT2D eigenvalue weighted by Crippen LogP contribution is -2.15. The van der Waals surface area contributed by atoms with Gasteiger partial charge in [-0.15, -0.1) is 0 Å². The molecule has 3 aromatic carbocycles. The summed E-state index contributed by atoms with van der Waals surface area (Å²) in [6.45, 7) is 0.733. The van der Waals surface area contributed by atoms with E-state index >= 15 is 0 Å². The topological polar surface area (TPSA) is 9.23 Å². The average molecular weight is 421 g/mol. The highest BCUT2D eigenvalue weighted by molar-refractivity contribution is 9.09. The van der Waals surface area contributed by atoms with Crippen LogP contribution < -0.4 is 0 Å². The predicted molar refractivity (Wildman–Crippen MR) is 120 cm³/mol. The summed E-state index contributed by atoms with van der Waals surface area (Å²) in [6, 6.07) is 18.1. The van der Waals surface area contributed by atoms with Crippen LogP contribution in [0.1, 0.15) is 24.0 Å². The van der Waals surface area contributed by atoms with Crippen LogP contribution in [0.2, 0.25) is 0 Å². The van der Waals surface area contributed by atoms with Crippen molar-refractivity contribution in [2.24, 2.45) is 5.92 Å². The average Bonchev–Trinajstić information content (AvgIpc) is 2.75. The third-order valence-corrected chi connectivity index (χ3v) is 6.04. The van der Waals surface area contributed by atoms with Crippen LogP contribution >= 0.6 is 15.9 Å². The summed E-state index contributed by atoms with van der Waals surface area (Å²) in [4.78, 5) is 0. The van der Waals surface area contributed by atoms with Gasteiger partial charge in [0, 0.05) is 5.33 Å². The third-order valence-electron chi connectivity index (χ3n) is 5.58. The molecule has 1 aliphatic carbocycles. The number of alkyl halides is 1. The molecule has 5 rings (SSSR count). The maximum Gasteiger partial charge on any atom is 0.106 e. The zero-order valence-corrected chi connectivity index (χ0v) is 17.1. The number of benzene rings is 3. The molecule has 0 bridgehead atoms. The Kier molecular flexibility index (Phi) is 5.94. The van der Waals surface area contributed by atoms with Crippen LogP contribution in [-0.2, 0) is 17.6 Å². The quantitative estimate of drug-likeness (QED) is 0.321. The van der Waals surface area contributed by atoms with Crippen LogP contribution in [0.5, 0.6) is 0 Å². The van der Waals surface area contributed by atoms with E-state index in [4.69, 9.17) is 4.74 Å². The van der Waals surface area contributed by atoms with Crippen LogP contribution in [0.25, 0.3) is 21.5 Å². The molecule has 0 spiro atoms. The Bertz CT molecular complexity index is 974. The molecule has 1 aliphatic heterocycles. The van der Waals surface area contributed by atoms with Gasteiger partial charge >= 0.3 is 0 Å². The summed E-state index contributed by atoms with van der Waals surface area (Å²) in [5.41, 5.74) is 3.18. The van der Waals surface area contributed by atoms with Crippen molar-refractivity contribution in [3.8, 4) is 0 Å². The number of halogens is 1. The van der Waals surface area contributed by atoms with E-state index in [2.05, 4.69) is 64.5 Å². The molecule has 1 heterocycles. The standard InChI is InChI=1S/C20H19Br.C5H6O/c21-12-11-14-5-6-16-8-9-18-17-4-2-1-3-15(17)7-10-19(18)20(16)13-14;1-2-4-6-5-3-1/h1-4,7-10,14H,5-6,11-13H2;1-4H,5H2. The Balaban J connectivity index is 0.000000257. The maximum absolute atomic E-state index is 4.80. The maximum atomic E-state index is 4.80. The molecular weight excluding hydrogens is 396 g/mol. The van der Waals surface area contributed by atoms with Crippen molar-refractivity contribution in [1.82, 2.24) is 0 Å². The molecule has 0 radical (unpaired) electrons. The highest BCUT2D eigenvalue weighted by atomic mass is 79.9. The molecule has 0 saturated heterocycles. The van der Waals surface area contributed by atoms with Crippen LogP contribution in [-0.4, -0.2) is 11.9 Å². The van der Waals surface area contributed by atoms with Gasteiger partial charge in [0.1, 0.15) is 6.61 Å². The highest BCUT2D eigenvalue weighted by Crippen LogP contribution is 2.35. The molecule has 1 unspecified atom stereocenters.